The molecule has 28 heavy (non-hydrogen) atoms. The maximum atomic E-state index is 12.7. The highest BCUT2D eigenvalue weighted by Crippen LogP contribution is 2.38. The van der Waals surface area contributed by atoms with Crippen molar-refractivity contribution in [3.8, 4) is 0 Å². The highest BCUT2D eigenvalue weighted by atomic mass is 35.5. The number of fused-ring (bicyclic) bond motifs is 3. The highest BCUT2D eigenvalue weighted by Gasteiger charge is 2.33. The lowest BCUT2D eigenvalue weighted by Crippen LogP contribution is -2.35. The van der Waals surface area contributed by atoms with Gasteiger partial charge in [-0.15, -0.1) is 4.40 Å². The average molecular weight is 424 g/mol. The third kappa shape index (κ3) is 3.51. The van der Waals surface area contributed by atoms with Crippen LogP contribution in [0, 0.1) is 6.92 Å². The molecule has 0 amide bonds. The number of halogens is 1. The molecule has 1 aromatic heterocycles. The lowest BCUT2D eigenvalue weighted by atomic mass is 10.1. The Kier molecular flexibility index (Phi) is 4.88. The van der Waals surface area contributed by atoms with Gasteiger partial charge in [0.1, 0.15) is 10.7 Å². The van der Waals surface area contributed by atoms with E-state index in [0.29, 0.717) is 35.9 Å². The minimum atomic E-state index is -3.91. The molecule has 0 atom stereocenters. The van der Waals surface area contributed by atoms with Crippen molar-refractivity contribution < 1.29 is 22.5 Å². The van der Waals surface area contributed by atoms with Crippen LogP contribution in [0.2, 0.25) is 5.02 Å². The Labute approximate surface area is 167 Å². The molecule has 2 aromatic rings. The number of nitrogens with zero attached hydrogens (tertiary/aromatic N) is 3. The number of esters is 1. The topological polar surface area (TPSA) is 102 Å². The Hall–Kier alpha value is -2.39. The monoisotopic (exact) mass is 423 g/mol. The summed E-state index contributed by atoms with van der Waals surface area (Å²) < 4.78 is 39.5. The van der Waals surface area contributed by atoms with Gasteiger partial charge in [0.05, 0.1) is 22.0 Å². The van der Waals surface area contributed by atoms with Crippen molar-refractivity contribution in [2.75, 3.05) is 11.4 Å². The molecular weight excluding hydrogens is 406 g/mol. The van der Waals surface area contributed by atoms with Gasteiger partial charge in [-0.25, -0.2) is 4.79 Å². The van der Waals surface area contributed by atoms with Gasteiger partial charge in [-0.3, -0.25) is 0 Å². The second kappa shape index (κ2) is 7.21. The van der Waals surface area contributed by atoms with E-state index in [-0.39, 0.29) is 22.1 Å². The molecule has 0 spiro atoms. The van der Waals surface area contributed by atoms with Crippen molar-refractivity contribution in [3.63, 3.8) is 0 Å². The van der Waals surface area contributed by atoms with Gasteiger partial charge in [-0.2, -0.15) is 8.42 Å². The Bertz CT molecular complexity index is 1080. The summed E-state index contributed by atoms with van der Waals surface area (Å²) in [5.41, 5.74) is 1.09. The second-order valence-corrected chi connectivity index (χ2v) is 8.74. The first-order valence-electron chi connectivity index (χ1n) is 8.89. The minimum Gasteiger partial charge on any atom is -0.454 e. The number of rotatable bonds is 3. The van der Waals surface area contributed by atoms with Gasteiger partial charge in [-0.05, 0) is 31.9 Å². The number of anilines is 1. The van der Waals surface area contributed by atoms with Crippen LogP contribution in [0.4, 0.5) is 5.69 Å². The number of hydrogen-bond donors (Lipinski definition) is 0. The average Bonchev–Trinajstić information content (AvgIpc) is 2.91. The number of aryl methyl sites for hydroxylation is 1. The zero-order valence-electron chi connectivity index (χ0n) is 15.1. The van der Waals surface area contributed by atoms with E-state index in [1.807, 2.05) is 4.90 Å². The number of ether oxygens (including phenoxy) is 1. The number of benzene rings is 1. The standard InChI is InChI=1S/C18H18ClN3O5S/c1-11-7-12(27-20-11)10-26-18(23)13-8-16-15(9-14(13)19)22-6-4-2-3-5-17(22)21-28(16,24)25/h7-9H,2-6,10H2,1H3. The fourth-order valence-electron chi connectivity index (χ4n) is 3.35. The molecule has 1 aromatic carbocycles. The first-order valence-corrected chi connectivity index (χ1v) is 10.7. The summed E-state index contributed by atoms with van der Waals surface area (Å²) >= 11 is 6.31. The molecule has 2 aliphatic rings. The van der Waals surface area contributed by atoms with Crippen LogP contribution in [-0.2, 0) is 21.4 Å². The van der Waals surface area contributed by atoms with E-state index in [2.05, 4.69) is 9.55 Å². The Balaban J connectivity index is 1.67. The molecule has 4 rings (SSSR count). The van der Waals surface area contributed by atoms with Gasteiger partial charge in [0.2, 0.25) is 0 Å². The van der Waals surface area contributed by atoms with Gasteiger partial charge in [0.25, 0.3) is 10.0 Å². The molecule has 2 aliphatic heterocycles. The van der Waals surface area contributed by atoms with Crippen molar-refractivity contribution in [3.05, 3.63) is 40.2 Å². The molecule has 0 bridgehead atoms. The zero-order valence-corrected chi connectivity index (χ0v) is 16.7. The molecule has 0 unspecified atom stereocenters. The molecule has 0 aliphatic carbocycles. The van der Waals surface area contributed by atoms with E-state index in [1.54, 1.807) is 13.0 Å². The lowest BCUT2D eigenvalue weighted by Gasteiger charge is -2.30. The summed E-state index contributed by atoms with van der Waals surface area (Å²) in [6.45, 7) is 2.28. The molecule has 8 nitrogen and oxygen atoms in total. The molecule has 1 fully saturated rings. The van der Waals surface area contributed by atoms with Gasteiger partial charge in [-0.1, -0.05) is 23.2 Å². The van der Waals surface area contributed by atoms with E-state index < -0.39 is 16.0 Å². The lowest BCUT2D eigenvalue weighted by molar-refractivity contribution is 0.0437. The van der Waals surface area contributed by atoms with Crippen LogP contribution in [0.3, 0.4) is 0 Å². The largest absolute Gasteiger partial charge is 0.454 e. The number of carbonyl (C=O) groups is 1. The molecule has 10 heteroatoms. The molecule has 148 valence electrons. The Morgan fingerprint density at radius 3 is 2.86 bits per heavy atom. The molecular formula is C18H18ClN3O5S. The molecule has 3 heterocycles. The third-order valence-corrected chi connectivity index (χ3v) is 6.33. The maximum absolute atomic E-state index is 12.7. The predicted octanol–water partition coefficient (Wildman–Crippen LogP) is 3.47. The molecule has 0 N–H and O–H groups in total. The van der Waals surface area contributed by atoms with E-state index in [4.69, 9.17) is 20.9 Å². The highest BCUT2D eigenvalue weighted by molar-refractivity contribution is 7.90. The van der Waals surface area contributed by atoms with Gasteiger partial charge >= 0.3 is 5.97 Å². The van der Waals surface area contributed by atoms with Crippen LogP contribution in [0.15, 0.2) is 32.0 Å². The van der Waals surface area contributed by atoms with E-state index in [0.717, 1.165) is 19.3 Å². The van der Waals surface area contributed by atoms with E-state index >= 15 is 0 Å². The number of hydrogen-bond acceptors (Lipinski definition) is 7. The number of aromatic nitrogens is 1. The molecule has 0 radical (unpaired) electrons. The summed E-state index contributed by atoms with van der Waals surface area (Å²) in [5.74, 6) is 0.158. The van der Waals surface area contributed by atoms with Crippen molar-refractivity contribution >= 4 is 39.1 Å². The number of carbonyl (C=O) groups excluding carboxylic acids is 1. The van der Waals surface area contributed by atoms with Crippen molar-refractivity contribution in [2.45, 2.75) is 44.1 Å². The summed E-state index contributed by atoms with van der Waals surface area (Å²) in [6.07, 6.45) is 3.41. The number of amidine groups is 1. The van der Waals surface area contributed by atoms with E-state index in [1.165, 1.54) is 12.1 Å². The first kappa shape index (κ1) is 18.9. The minimum absolute atomic E-state index is 0.0336. The summed E-state index contributed by atoms with van der Waals surface area (Å²) in [6, 6.07) is 4.39. The summed E-state index contributed by atoms with van der Waals surface area (Å²) in [5, 5.41) is 3.84. The Morgan fingerprint density at radius 1 is 1.29 bits per heavy atom. The summed E-state index contributed by atoms with van der Waals surface area (Å²) in [4.78, 5) is 14.3. The van der Waals surface area contributed by atoms with Crippen molar-refractivity contribution in [1.29, 1.82) is 0 Å². The van der Waals surface area contributed by atoms with Crippen molar-refractivity contribution in [2.24, 2.45) is 4.40 Å². The predicted molar refractivity (Wildman–Crippen MR) is 102 cm³/mol. The normalized spacial score (nSPS) is 17.9. The van der Waals surface area contributed by atoms with Crippen molar-refractivity contribution in [1.82, 2.24) is 5.16 Å². The van der Waals surface area contributed by atoms with Crippen LogP contribution in [0.5, 0.6) is 0 Å². The fraction of sp³-hybridized carbons (Fsp3) is 0.389. The first-order chi connectivity index (χ1) is 13.3. The maximum Gasteiger partial charge on any atom is 0.340 e. The molecule has 1 saturated heterocycles. The summed E-state index contributed by atoms with van der Waals surface area (Å²) in [7, 11) is -3.91. The van der Waals surface area contributed by atoms with Gasteiger partial charge < -0.3 is 14.2 Å². The number of sulfonamides is 1. The van der Waals surface area contributed by atoms with Crippen LogP contribution in [-0.4, -0.2) is 31.9 Å². The SMILES string of the molecule is Cc1cc(COC(=O)c2cc3c(cc2Cl)N2CCCCCC2=NS3(=O)=O)on1. The van der Waals surface area contributed by atoms with Gasteiger partial charge in [0.15, 0.2) is 12.4 Å². The second-order valence-electron chi connectivity index (χ2n) is 6.76. The fourth-order valence-corrected chi connectivity index (χ4v) is 4.85. The zero-order chi connectivity index (χ0) is 19.9. The van der Waals surface area contributed by atoms with E-state index in [9.17, 15) is 13.2 Å². The van der Waals surface area contributed by atoms with Crippen LogP contribution >= 0.6 is 11.6 Å². The smallest absolute Gasteiger partial charge is 0.340 e. The van der Waals surface area contributed by atoms with Gasteiger partial charge in [0, 0.05) is 19.0 Å². The molecule has 0 saturated carbocycles. The van der Waals surface area contributed by atoms with Crippen LogP contribution in [0.25, 0.3) is 0 Å². The Morgan fingerprint density at radius 2 is 2.11 bits per heavy atom. The third-order valence-electron chi connectivity index (χ3n) is 4.68. The van der Waals surface area contributed by atoms with Crippen LogP contribution in [0.1, 0.15) is 47.5 Å². The van der Waals surface area contributed by atoms with Crippen LogP contribution < -0.4 is 4.90 Å². The quantitative estimate of drug-likeness (QED) is 0.696.